The molecule has 0 aliphatic carbocycles. The van der Waals surface area contributed by atoms with Crippen molar-refractivity contribution in [1.82, 2.24) is 19.9 Å². The van der Waals surface area contributed by atoms with Gasteiger partial charge in [-0.25, -0.2) is 4.98 Å². The van der Waals surface area contributed by atoms with Crippen molar-refractivity contribution in [3.8, 4) is 0 Å². The van der Waals surface area contributed by atoms with Crippen LogP contribution in [0.15, 0.2) is 6.07 Å². The van der Waals surface area contributed by atoms with Crippen LogP contribution in [0.25, 0.3) is 11.0 Å². The molecule has 0 saturated carbocycles. The number of hydrogen-bond donors (Lipinski definition) is 2. The molecule has 2 aromatic rings. The molecule has 2 aliphatic rings. The smallest absolute Gasteiger partial charge is 0.227 e. The summed E-state index contributed by atoms with van der Waals surface area (Å²) >= 11 is 0. The Kier molecular flexibility index (Phi) is 3.56. The van der Waals surface area contributed by atoms with Crippen molar-refractivity contribution in [2.24, 2.45) is 0 Å². The minimum absolute atomic E-state index is 0.450. The van der Waals surface area contributed by atoms with Gasteiger partial charge in [0.1, 0.15) is 5.82 Å². The number of anilines is 2. The fraction of sp³-hybridized carbons (Fsp3) is 0.588. The molecule has 2 atom stereocenters. The molecule has 0 radical (unpaired) electrons. The van der Waals surface area contributed by atoms with E-state index < -0.39 is 0 Å². The number of hydrogen-bond acceptors (Lipinski definition) is 6. The number of aryl methyl sites for hydroxylation is 2. The molecular weight excluding hydrogens is 288 g/mol. The lowest BCUT2D eigenvalue weighted by molar-refractivity contribution is 0.318. The Bertz CT molecular complexity index is 743. The topological polar surface area (TPSA) is 66.0 Å². The van der Waals surface area contributed by atoms with E-state index in [1.807, 2.05) is 14.0 Å². The normalized spacial score (nSPS) is 24.1. The molecule has 6 heteroatoms. The third-order valence-corrected chi connectivity index (χ3v) is 5.15. The Hall–Kier alpha value is -1.95. The van der Waals surface area contributed by atoms with E-state index in [-0.39, 0.29) is 0 Å². The molecule has 23 heavy (non-hydrogen) atoms. The summed E-state index contributed by atoms with van der Waals surface area (Å²) in [6.45, 7) is 6.52. The van der Waals surface area contributed by atoms with E-state index in [2.05, 4.69) is 33.5 Å². The Balaban J connectivity index is 1.70. The van der Waals surface area contributed by atoms with Crippen molar-refractivity contribution in [3.05, 3.63) is 17.3 Å². The van der Waals surface area contributed by atoms with Crippen LogP contribution in [0.1, 0.15) is 30.5 Å². The number of nitrogens with one attached hydrogen (secondary N) is 2. The van der Waals surface area contributed by atoms with Crippen molar-refractivity contribution in [2.75, 3.05) is 30.8 Å². The molecule has 0 bridgehead atoms. The maximum atomic E-state index is 4.70. The maximum absolute atomic E-state index is 4.70. The third-order valence-electron chi connectivity index (χ3n) is 5.15. The monoisotopic (exact) mass is 312 g/mol. The molecule has 2 N–H and O–H groups in total. The fourth-order valence-electron chi connectivity index (χ4n) is 4.14. The average molecular weight is 312 g/mol. The standard InChI is InChI=1S/C17H24N6/c1-10-9-11(2)19-16-14(10)15(18-3)21-17(22-16)20-12-6-8-23-7-4-5-13(12)23/h9,12-13H,4-8H2,1-3H3,(H2,18,19,20,21,22). The molecule has 2 aromatic heterocycles. The van der Waals surface area contributed by atoms with Gasteiger partial charge in [-0.2, -0.15) is 9.97 Å². The predicted octanol–water partition coefficient (Wildman–Crippen LogP) is 2.33. The Morgan fingerprint density at radius 2 is 2.00 bits per heavy atom. The average Bonchev–Trinajstić information content (AvgIpc) is 3.11. The van der Waals surface area contributed by atoms with E-state index in [1.165, 1.54) is 32.4 Å². The lowest BCUT2D eigenvalue weighted by Crippen LogP contribution is -2.34. The number of nitrogens with zero attached hydrogens (tertiary/aromatic N) is 4. The Labute approximate surface area is 136 Å². The molecule has 2 unspecified atom stereocenters. The highest BCUT2D eigenvalue weighted by molar-refractivity contribution is 5.90. The van der Waals surface area contributed by atoms with Crippen molar-refractivity contribution in [1.29, 1.82) is 0 Å². The van der Waals surface area contributed by atoms with Gasteiger partial charge in [-0.1, -0.05) is 0 Å². The Morgan fingerprint density at radius 3 is 2.83 bits per heavy atom. The van der Waals surface area contributed by atoms with Crippen LogP contribution >= 0.6 is 0 Å². The second-order valence-electron chi connectivity index (χ2n) is 6.71. The molecule has 2 fully saturated rings. The summed E-state index contributed by atoms with van der Waals surface area (Å²) in [5.41, 5.74) is 2.92. The van der Waals surface area contributed by atoms with Gasteiger partial charge in [-0.3, -0.25) is 4.90 Å². The molecule has 6 nitrogen and oxygen atoms in total. The second kappa shape index (κ2) is 5.60. The lowest BCUT2D eigenvalue weighted by Gasteiger charge is -2.21. The van der Waals surface area contributed by atoms with Crippen molar-refractivity contribution >= 4 is 22.8 Å². The summed E-state index contributed by atoms with van der Waals surface area (Å²) in [4.78, 5) is 16.6. The minimum Gasteiger partial charge on any atom is -0.372 e. The second-order valence-corrected chi connectivity index (χ2v) is 6.71. The molecule has 4 heterocycles. The fourth-order valence-corrected chi connectivity index (χ4v) is 4.14. The lowest BCUT2D eigenvalue weighted by atomic mass is 10.1. The first-order valence-corrected chi connectivity index (χ1v) is 8.50. The summed E-state index contributed by atoms with van der Waals surface area (Å²) in [5.74, 6) is 1.54. The van der Waals surface area contributed by atoms with Gasteiger partial charge in [0, 0.05) is 31.4 Å². The van der Waals surface area contributed by atoms with Crippen molar-refractivity contribution < 1.29 is 0 Å². The van der Waals surface area contributed by atoms with Crippen LogP contribution in [0.5, 0.6) is 0 Å². The Morgan fingerprint density at radius 1 is 1.13 bits per heavy atom. The van der Waals surface area contributed by atoms with Crippen LogP contribution in [-0.4, -0.2) is 52.1 Å². The van der Waals surface area contributed by atoms with E-state index in [9.17, 15) is 0 Å². The summed E-state index contributed by atoms with van der Waals surface area (Å²) < 4.78 is 0. The summed E-state index contributed by atoms with van der Waals surface area (Å²) in [5, 5.41) is 7.79. The summed E-state index contributed by atoms with van der Waals surface area (Å²) in [6.07, 6.45) is 3.75. The van der Waals surface area contributed by atoms with Gasteiger partial charge in [0.25, 0.3) is 0 Å². The maximum Gasteiger partial charge on any atom is 0.227 e. The van der Waals surface area contributed by atoms with Gasteiger partial charge < -0.3 is 10.6 Å². The van der Waals surface area contributed by atoms with E-state index in [0.717, 1.165) is 28.1 Å². The SMILES string of the molecule is CNc1nc(NC2CCN3CCCC23)nc2nc(C)cc(C)c12. The highest BCUT2D eigenvalue weighted by atomic mass is 15.3. The van der Waals surface area contributed by atoms with Crippen LogP contribution in [0.2, 0.25) is 0 Å². The molecule has 0 amide bonds. The van der Waals surface area contributed by atoms with E-state index in [4.69, 9.17) is 9.97 Å². The zero-order valence-electron chi connectivity index (χ0n) is 14.1. The van der Waals surface area contributed by atoms with E-state index in [0.29, 0.717) is 18.0 Å². The van der Waals surface area contributed by atoms with Crippen molar-refractivity contribution in [2.45, 2.75) is 45.2 Å². The van der Waals surface area contributed by atoms with Gasteiger partial charge >= 0.3 is 0 Å². The van der Waals surface area contributed by atoms with Crippen molar-refractivity contribution in [3.63, 3.8) is 0 Å². The van der Waals surface area contributed by atoms with Gasteiger partial charge in [0.05, 0.1) is 5.39 Å². The molecule has 0 spiro atoms. The highest BCUT2D eigenvalue weighted by Gasteiger charge is 2.37. The van der Waals surface area contributed by atoms with Crippen LogP contribution in [0.4, 0.5) is 11.8 Å². The molecule has 4 rings (SSSR count). The number of rotatable bonds is 3. The van der Waals surface area contributed by atoms with Crippen LogP contribution in [0.3, 0.4) is 0 Å². The first-order chi connectivity index (χ1) is 11.2. The van der Waals surface area contributed by atoms with Crippen LogP contribution in [0, 0.1) is 13.8 Å². The summed E-state index contributed by atoms with van der Waals surface area (Å²) in [7, 11) is 1.90. The van der Waals surface area contributed by atoms with Gasteiger partial charge in [0.2, 0.25) is 5.95 Å². The quantitative estimate of drug-likeness (QED) is 0.907. The molecule has 122 valence electrons. The number of aromatic nitrogens is 3. The molecule has 2 aliphatic heterocycles. The first-order valence-electron chi connectivity index (χ1n) is 8.50. The molecule has 0 aromatic carbocycles. The summed E-state index contributed by atoms with van der Waals surface area (Å²) in [6, 6.07) is 3.16. The predicted molar refractivity (Wildman–Crippen MR) is 93.0 cm³/mol. The zero-order chi connectivity index (χ0) is 16.0. The molecular formula is C17H24N6. The zero-order valence-corrected chi connectivity index (χ0v) is 14.1. The number of fused-ring (bicyclic) bond motifs is 2. The highest BCUT2D eigenvalue weighted by Crippen LogP contribution is 2.30. The number of pyridine rings is 1. The van der Waals surface area contributed by atoms with Crippen LogP contribution < -0.4 is 10.6 Å². The largest absolute Gasteiger partial charge is 0.372 e. The van der Waals surface area contributed by atoms with Crippen LogP contribution in [-0.2, 0) is 0 Å². The third kappa shape index (κ3) is 2.51. The first kappa shape index (κ1) is 14.6. The van der Waals surface area contributed by atoms with Gasteiger partial charge in [0.15, 0.2) is 5.65 Å². The van der Waals surface area contributed by atoms with Gasteiger partial charge in [-0.15, -0.1) is 0 Å². The minimum atomic E-state index is 0.450. The molecule has 2 saturated heterocycles. The van der Waals surface area contributed by atoms with E-state index in [1.54, 1.807) is 0 Å². The van der Waals surface area contributed by atoms with E-state index >= 15 is 0 Å². The van der Waals surface area contributed by atoms with Gasteiger partial charge in [-0.05, 0) is 51.3 Å².